The molecule has 8 heteroatoms. The van der Waals surface area contributed by atoms with Crippen molar-refractivity contribution in [2.24, 2.45) is 5.73 Å². The predicted octanol–water partition coefficient (Wildman–Crippen LogP) is 5.86. The van der Waals surface area contributed by atoms with Gasteiger partial charge >= 0.3 is 6.03 Å². The zero-order valence-corrected chi connectivity index (χ0v) is 26.2. The molecule has 8 nitrogen and oxygen atoms in total. The molecule has 5 aliphatic heterocycles. The molecule has 0 radical (unpaired) electrons. The maximum atomic E-state index is 13.3. The van der Waals surface area contributed by atoms with E-state index in [1.54, 1.807) is 0 Å². The van der Waals surface area contributed by atoms with Crippen LogP contribution in [0.4, 0.5) is 16.2 Å². The summed E-state index contributed by atoms with van der Waals surface area (Å²) < 4.78 is 7.19. The molecule has 0 spiro atoms. The monoisotopic (exact) mass is 593 g/mol. The van der Waals surface area contributed by atoms with Gasteiger partial charge in [0.05, 0.1) is 0 Å². The summed E-state index contributed by atoms with van der Waals surface area (Å²) in [7, 11) is 0. The highest BCUT2D eigenvalue weighted by molar-refractivity contribution is 5.82. The molecule has 0 unspecified atom stereocenters. The van der Waals surface area contributed by atoms with Crippen LogP contribution in [0.2, 0.25) is 0 Å². The van der Waals surface area contributed by atoms with Crippen LogP contribution in [0, 0.1) is 6.92 Å². The lowest BCUT2D eigenvalue weighted by Gasteiger charge is -2.50. The minimum Gasteiger partial charge on any atom is -0.456 e. The molecule has 8 rings (SSSR count). The number of rotatable bonds is 4. The Hall–Kier alpha value is -4.20. The van der Waals surface area contributed by atoms with Crippen LogP contribution >= 0.6 is 0 Å². The van der Waals surface area contributed by atoms with Crippen LogP contribution in [0.15, 0.2) is 36.4 Å². The van der Waals surface area contributed by atoms with Crippen molar-refractivity contribution in [3.8, 4) is 11.5 Å². The highest BCUT2D eigenvalue weighted by Crippen LogP contribution is 2.60. The van der Waals surface area contributed by atoms with E-state index in [1.807, 2.05) is 26.0 Å². The minimum atomic E-state index is -1.17. The Bertz CT molecular complexity index is 1560. The highest BCUT2D eigenvalue weighted by Gasteiger charge is 2.53. The summed E-state index contributed by atoms with van der Waals surface area (Å²) in [5, 5.41) is 1.42. The van der Waals surface area contributed by atoms with Crippen LogP contribution in [0.25, 0.3) is 0 Å². The number of hydrogen-bond donors (Lipinski definition) is 2. The molecule has 3 amide bonds. The van der Waals surface area contributed by atoms with E-state index in [-0.39, 0.29) is 0 Å². The number of benzene rings is 3. The first-order valence-electron chi connectivity index (χ1n) is 16.5. The van der Waals surface area contributed by atoms with Gasteiger partial charge in [0.1, 0.15) is 17.0 Å². The predicted molar refractivity (Wildman–Crippen MR) is 174 cm³/mol. The van der Waals surface area contributed by atoms with Gasteiger partial charge in [0, 0.05) is 59.8 Å². The largest absolute Gasteiger partial charge is 0.456 e. The Morgan fingerprint density at radius 3 is 1.82 bits per heavy atom. The Labute approximate surface area is 260 Å². The molecule has 0 aromatic heterocycles. The zero-order chi connectivity index (χ0) is 30.6. The molecule has 0 saturated carbocycles. The van der Waals surface area contributed by atoms with Gasteiger partial charge in [0.2, 0.25) is 6.41 Å². The van der Waals surface area contributed by atoms with Gasteiger partial charge in [-0.3, -0.25) is 4.79 Å². The maximum Gasteiger partial charge on any atom is 0.331 e. The van der Waals surface area contributed by atoms with Crippen LogP contribution in [-0.4, -0.2) is 43.6 Å². The van der Waals surface area contributed by atoms with Gasteiger partial charge in [-0.15, -0.1) is 0 Å². The number of hydrogen-bond acceptors (Lipinski definition) is 5. The number of primary amides is 1. The van der Waals surface area contributed by atoms with Crippen LogP contribution in [-0.2, 0) is 36.0 Å². The third-order valence-electron chi connectivity index (χ3n) is 10.2. The number of nitrogens with one attached hydrogen (secondary N) is 1. The summed E-state index contributed by atoms with van der Waals surface area (Å²) in [5.74, 6) is 1.66. The van der Waals surface area contributed by atoms with Crippen molar-refractivity contribution in [3.63, 3.8) is 0 Å². The Morgan fingerprint density at radius 2 is 1.34 bits per heavy atom. The highest BCUT2D eigenvalue weighted by atomic mass is 16.5. The van der Waals surface area contributed by atoms with E-state index >= 15 is 0 Å². The van der Waals surface area contributed by atoms with Gasteiger partial charge in [-0.25, -0.2) is 15.2 Å². The van der Waals surface area contributed by atoms with E-state index in [2.05, 4.69) is 46.4 Å². The van der Waals surface area contributed by atoms with Crippen molar-refractivity contribution < 1.29 is 14.3 Å². The van der Waals surface area contributed by atoms with Gasteiger partial charge in [0.15, 0.2) is 0 Å². The second-order valence-corrected chi connectivity index (χ2v) is 12.4. The van der Waals surface area contributed by atoms with E-state index in [9.17, 15) is 9.59 Å². The molecule has 0 saturated heterocycles. The summed E-state index contributed by atoms with van der Waals surface area (Å²) >= 11 is 0. The molecule has 3 aromatic carbocycles. The number of nitrogens with zero attached hydrogens (tertiary/aromatic N) is 3. The summed E-state index contributed by atoms with van der Waals surface area (Å²) in [6.45, 7) is 10.3. The molecule has 0 bridgehead atoms. The standard InChI is InChI=1S/C34H37N5O3.C2H6/c1-21-8-2-3-13-26(21)34(39(20-40)36-33(35)41)27-18-22-9-4-14-37-16-6-11-24(29(22)37)31(27)42-32-25-12-7-17-38-15-5-10-23(30(25)38)19-28(32)34;1-2/h2-3,8,13,18-20H,4-7,9-12,14-17H2,1H3,(H3,35,36,41);1-2H3. The number of aryl methyl sites for hydroxylation is 3. The average Bonchev–Trinajstić information content (AvgIpc) is 3.05. The van der Waals surface area contributed by atoms with Crippen LogP contribution < -0.4 is 25.7 Å². The third-order valence-corrected chi connectivity index (χ3v) is 10.2. The van der Waals surface area contributed by atoms with E-state index in [4.69, 9.17) is 10.5 Å². The quantitative estimate of drug-likeness (QED) is 0.292. The van der Waals surface area contributed by atoms with Gasteiger partial charge in [-0.2, -0.15) is 0 Å². The van der Waals surface area contributed by atoms with Crippen molar-refractivity contribution in [1.29, 1.82) is 0 Å². The summed E-state index contributed by atoms with van der Waals surface area (Å²) in [6.07, 6.45) is 8.78. The van der Waals surface area contributed by atoms with E-state index in [0.717, 1.165) is 118 Å². The summed E-state index contributed by atoms with van der Waals surface area (Å²) in [6, 6.07) is 11.9. The fourth-order valence-corrected chi connectivity index (χ4v) is 8.65. The molecule has 230 valence electrons. The van der Waals surface area contributed by atoms with Crippen molar-refractivity contribution >= 4 is 23.8 Å². The minimum absolute atomic E-state index is 0.727. The van der Waals surface area contributed by atoms with Crippen molar-refractivity contribution in [3.05, 3.63) is 80.9 Å². The Kier molecular flexibility index (Phi) is 7.18. The first kappa shape index (κ1) is 28.6. The fraction of sp³-hybridized carbons (Fsp3) is 0.444. The number of fused-ring (bicyclic) bond motifs is 4. The Balaban J connectivity index is 0.00000153. The molecule has 0 atom stereocenters. The van der Waals surface area contributed by atoms with Gasteiger partial charge in [-0.1, -0.05) is 38.1 Å². The molecule has 5 aliphatic rings. The summed E-state index contributed by atoms with van der Waals surface area (Å²) in [5.41, 5.74) is 18.8. The number of ether oxygens (including phenoxy) is 1. The molecule has 3 N–H and O–H groups in total. The van der Waals surface area contributed by atoms with E-state index < -0.39 is 11.6 Å². The van der Waals surface area contributed by atoms with Crippen LogP contribution in [0.5, 0.6) is 11.5 Å². The fourth-order valence-electron chi connectivity index (χ4n) is 8.65. The van der Waals surface area contributed by atoms with Crippen LogP contribution in [0.3, 0.4) is 0 Å². The second-order valence-electron chi connectivity index (χ2n) is 12.4. The van der Waals surface area contributed by atoms with Crippen LogP contribution in [0.1, 0.15) is 84.0 Å². The number of amides is 3. The SMILES string of the molecule is CC.Cc1ccccc1C1(N(C=O)NC(N)=O)c2cc3c4c(c2Oc2c1cc1c5c2CCCN5CCC1)CCCN4CCC3. The van der Waals surface area contributed by atoms with E-state index in [1.165, 1.54) is 38.6 Å². The van der Waals surface area contributed by atoms with Gasteiger partial charge in [-0.05, 0) is 92.7 Å². The number of nitrogens with two attached hydrogens (primary N) is 1. The molecule has 0 aliphatic carbocycles. The molecule has 0 fully saturated rings. The smallest absolute Gasteiger partial charge is 0.331 e. The maximum absolute atomic E-state index is 13.3. The first-order valence-corrected chi connectivity index (χ1v) is 16.5. The number of urea groups is 1. The lowest BCUT2D eigenvalue weighted by Crippen LogP contribution is -2.58. The van der Waals surface area contributed by atoms with E-state index in [0.29, 0.717) is 0 Å². The lowest BCUT2D eigenvalue weighted by molar-refractivity contribution is -0.124. The topological polar surface area (TPSA) is 91.1 Å². The molecule has 3 aromatic rings. The normalized spacial score (nSPS) is 18.2. The number of hydrazine groups is 1. The van der Waals surface area contributed by atoms with Gasteiger partial charge in [0.25, 0.3) is 0 Å². The third kappa shape index (κ3) is 4.02. The van der Waals surface area contributed by atoms with Crippen molar-refractivity contribution in [2.75, 3.05) is 36.0 Å². The number of anilines is 2. The molecular formula is C36H43N5O3. The first-order chi connectivity index (χ1) is 21.5. The molecule has 5 heterocycles. The van der Waals surface area contributed by atoms with Crippen molar-refractivity contribution in [1.82, 2.24) is 10.4 Å². The molecule has 44 heavy (non-hydrogen) atoms. The Morgan fingerprint density at radius 1 is 0.841 bits per heavy atom. The average molecular weight is 594 g/mol. The zero-order valence-electron chi connectivity index (χ0n) is 26.2. The molecular weight excluding hydrogens is 550 g/mol. The number of carbonyl (C=O) groups excluding carboxylic acids is 2. The number of carbonyl (C=O) groups is 2. The van der Waals surface area contributed by atoms with Gasteiger partial charge < -0.3 is 20.3 Å². The lowest BCUT2D eigenvalue weighted by atomic mass is 9.69. The van der Waals surface area contributed by atoms with Crippen molar-refractivity contribution in [2.45, 2.75) is 77.7 Å². The summed E-state index contributed by atoms with van der Waals surface area (Å²) in [4.78, 5) is 30.9. The second kappa shape index (κ2) is 11.1.